The lowest BCUT2D eigenvalue weighted by atomic mass is 9.91. The quantitative estimate of drug-likeness (QED) is 0.460. The third-order valence-electron chi connectivity index (χ3n) is 3.29. The van der Waals surface area contributed by atoms with E-state index in [1.54, 1.807) is 24.3 Å². The van der Waals surface area contributed by atoms with E-state index in [2.05, 4.69) is 22.4 Å². The first-order chi connectivity index (χ1) is 9.58. The van der Waals surface area contributed by atoms with Gasteiger partial charge in [-0.1, -0.05) is 12.1 Å². The molecular formula is C13H15NO5S. The number of isothiocyanates is 1. The van der Waals surface area contributed by atoms with Crippen LogP contribution in [0.15, 0.2) is 29.3 Å². The molecule has 0 saturated carbocycles. The normalized spacial score (nSPS) is 33.5. The SMILES string of the molecule is OC[C@H]1O[C@@H](c2ccc(N=C=S)cc2)[C@H](O)[C@@H](O)[C@@H]1O. The fraction of sp³-hybridized carbons (Fsp3) is 0.462. The van der Waals surface area contributed by atoms with Gasteiger partial charge in [0.2, 0.25) is 0 Å². The van der Waals surface area contributed by atoms with Gasteiger partial charge < -0.3 is 25.2 Å². The maximum atomic E-state index is 9.98. The summed E-state index contributed by atoms with van der Waals surface area (Å²) in [5, 5.41) is 40.8. The molecule has 0 radical (unpaired) electrons. The molecule has 0 aromatic heterocycles. The minimum absolute atomic E-state index is 0.450. The van der Waals surface area contributed by atoms with Crippen LogP contribution in [0.2, 0.25) is 0 Å². The molecule has 7 heteroatoms. The zero-order valence-corrected chi connectivity index (χ0v) is 11.3. The van der Waals surface area contributed by atoms with Gasteiger partial charge in [-0.25, -0.2) is 0 Å². The number of thiocarbonyl (C=S) groups is 1. The van der Waals surface area contributed by atoms with Crippen LogP contribution < -0.4 is 0 Å². The number of aliphatic hydroxyl groups is 4. The molecule has 0 spiro atoms. The highest BCUT2D eigenvalue weighted by molar-refractivity contribution is 7.78. The van der Waals surface area contributed by atoms with Crippen molar-refractivity contribution in [3.63, 3.8) is 0 Å². The molecule has 108 valence electrons. The monoisotopic (exact) mass is 297 g/mol. The zero-order chi connectivity index (χ0) is 14.7. The second-order valence-corrected chi connectivity index (χ2v) is 4.73. The predicted molar refractivity (Wildman–Crippen MR) is 73.8 cm³/mol. The standard InChI is InChI=1S/C13H15NO5S/c15-5-9-10(16)11(17)12(18)13(19-9)7-1-3-8(4-2-7)14-6-20/h1-4,9-13,15-18H,5H2/t9-,10-,11+,12-,13+/m1/s1. The number of ether oxygens (including phenoxy) is 1. The fourth-order valence-corrected chi connectivity index (χ4v) is 2.27. The van der Waals surface area contributed by atoms with Gasteiger partial charge in [0, 0.05) is 0 Å². The van der Waals surface area contributed by atoms with E-state index in [4.69, 9.17) is 9.84 Å². The molecular weight excluding hydrogens is 282 g/mol. The summed E-state index contributed by atoms with van der Waals surface area (Å²) in [6, 6.07) is 6.66. The third-order valence-corrected chi connectivity index (χ3v) is 3.38. The van der Waals surface area contributed by atoms with Crippen molar-refractivity contribution in [3.05, 3.63) is 29.8 Å². The Balaban J connectivity index is 2.24. The number of aliphatic hydroxyl groups excluding tert-OH is 4. The first kappa shape index (κ1) is 15.2. The second-order valence-electron chi connectivity index (χ2n) is 4.54. The lowest BCUT2D eigenvalue weighted by molar-refractivity contribution is -0.231. The summed E-state index contributed by atoms with van der Waals surface area (Å²) in [5.41, 5.74) is 1.21. The highest BCUT2D eigenvalue weighted by Gasteiger charge is 2.43. The van der Waals surface area contributed by atoms with E-state index in [0.29, 0.717) is 11.3 Å². The van der Waals surface area contributed by atoms with Crippen molar-refractivity contribution in [2.75, 3.05) is 6.61 Å². The lowest BCUT2D eigenvalue weighted by Crippen LogP contribution is -2.55. The Morgan fingerprint density at radius 2 is 1.75 bits per heavy atom. The van der Waals surface area contributed by atoms with Crippen molar-refractivity contribution < 1.29 is 25.2 Å². The third kappa shape index (κ3) is 2.94. The van der Waals surface area contributed by atoms with Crippen molar-refractivity contribution >= 4 is 23.1 Å². The molecule has 1 aromatic carbocycles. The molecule has 1 heterocycles. The molecule has 0 amide bonds. The van der Waals surface area contributed by atoms with Gasteiger partial charge in [0.05, 0.1) is 17.5 Å². The molecule has 5 atom stereocenters. The maximum Gasteiger partial charge on any atom is 0.113 e. The number of benzene rings is 1. The molecule has 6 nitrogen and oxygen atoms in total. The topological polar surface area (TPSA) is 103 Å². The summed E-state index contributed by atoms with van der Waals surface area (Å²) >= 11 is 4.50. The van der Waals surface area contributed by atoms with Crippen molar-refractivity contribution in [1.82, 2.24) is 0 Å². The molecule has 1 aliphatic heterocycles. The van der Waals surface area contributed by atoms with Gasteiger partial charge in [-0.15, -0.1) is 0 Å². The Hall–Kier alpha value is -1.18. The molecule has 20 heavy (non-hydrogen) atoms. The zero-order valence-electron chi connectivity index (χ0n) is 10.5. The molecule has 1 aromatic rings. The van der Waals surface area contributed by atoms with E-state index >= 15 is 0 Å². The molecule has 0 bridgehead atoms. The molecule has 2 rings (SSSR count). The molecule has 4 N–H and O–H groups in total. The Kier molecular flexibility index (Phi) is 4.95. The highest BCUT2D eigenvalue weighted by Crippen LogP contribution is 2.32. The number of aliphatic imine (C=N–C) groups is 1. The van der Waals surface area contributed by atoms with Gasteiger partial charge >= 0.3 is 0 Å². The van der Waals surface area contributed by atoms with Gasteiger partial charge in [0.15, 0.2) is 0 Å². The van der Waals surface area contributed by atoms with Gasteiger partial charge in [-0.05, 0) is 29.9 Å². The fourth-order valence-electron chi connectivity index (χ4n) is 2.17. The number of hydrogen-bond acceptors (Lipinski definition) is 7. The van der Waals surface area contributed by atoms with Gasteiger partial charge in [-0.3, -0.25) is 0 Å². The summed E-state index contributed by atoms with van der Waals surface area (Å²) in [5.74, 6) is 0. The predicted octanol–water partition coefficient (Wildman–Crippen LogP) is -0.0642. The van der Waals surface area contributed by atoms with Crippen molar-refractivity contribution in [2.24, 2.45) is 4.99 Å². The van der Waals surface area contributed by atoms with Crippen LogP contribution in [0.1, 0.15) is 11.7 Å². The maximum absolute atomic E-state index is 9.98. The molecule has 1 aliphatic rings. The minimum Gasteiger partial charge on any atom is -0.394 e. The van der Waals surface area contributed by atoms with Crippen LogP contribution in [0.5, 0.6) is 0 Å². The van der Waals surface area contributed by atoms with Gasteiger partial charge in [0.25, 0.3) is 0 Å². The Morgan fingerprint density at radius 3 is 2.30 bits per heavy atom. The molecule has 1 saturated heterocycles. The first-order valence-corrected chi connectivity index (χ1v) is 6.47. The van der Waals surface area contributed by atoms with Crippen LogP contribution in [0.3, 0.4) is 0 Å². The van der Waals surface area contributed by atoms with Crippen LogP contribution in [0.4, 0.5) is 5.69 Å². The van der Waals surface area contributed by atoms with Crippen LogP contribution >= 0.6 is 12.2 Å². The van der Waals surface area contributed by atoms with Gasteiger partial charge in [0.1, 0.15) is 30.5 Å². The van der Waals surface area contributed by atoms with E-state index in [1.807, 2.05) is 0 Å². The smallest absolute Gasteiger partial charge is 0.113 e. The highest BCUT2D eigenvalue weighted by atomic mass is 32.1. The van der Waals surface area contributed by atoms with Crippen LogP contribution in [-0.4, -0.2) is 56.6 Å². The van der Waals surface area contributed by atoms with Crippen LogP contribution in [0, 0.1) is 0 Å². The summed E-state index contributed by atoms with van der Waals surface area (Å²) in [6.45, 7) is -0.450. The van der Waals surface area contributed by atoms with Crippen LogP contribution in [-0.2, 0) is 4.74 Å². The summed E-state index contributed by atoms with van der Waals surface area (Å²) in [6.07, 6.45) is -5.78. The average molecular weight is 297 g/mol. The summed E-state index contributed by atoms with van der Waals surface area (Å²) in [7, 11) is 0. The first-order valence-electron chi connectivity index (χ1n) is 6.07. The van der Waals surface area contributed by atoms with Crippen molar-refractivity contribution in [3.8, 4) is 0 Å². The van der Waals surface area contributed by atoms with Crippen molar-refractivity contribution in [1.29, 1.82) is 0 Å². The van der Waals surface area contributed by atoms with E-state index in [0.717, 1.165) is 0 Å². The van der Waals surface area contributed by atoms with Gasteiger partial charge in [-0.2, -0.15) is 4.99 Å². The number of nitrogens with zero attached hydrogens (tertiary/aromatic N) is 1. The largest absolute Gasteiger partial charge is 0.394 e. The van der Waals surface area contributed by atoms with E-state index in [-0.39, 0.29) is 0 Å². The second kappa shape index (κ2) is 6.51. The molecule has 1 fully saturated rings. The lowest BCUT2D eigenvalue weighted by Gasteiger charge is -2.40. The number of hydrogen-bond donors (Lipinski definition) is 4. The van der Waals surface area contributed by atoms with Crippen molar-refractivity contribution in [2.45, 2.75) is 30.5 Å². The van der Waals surface area contributed by atoms with E-state index in [9.17, 15) is 15.3 Å². The minimum atomic E-state index is -1.38. The van der Waals surface area contributed by atoms with E-state index < -0.39 is 37.1 Å². The Labute approximate surface area is 121 Å². The molecule has 0 aliphatic carbocycles. The summed E-state index contributed by atoms with van der Waals surface area (Å²) < 4.78 is 5.44. The summed E-state index contributed by atoms with van der Waals surface area (Å²) in [4.78, 5) is 3.80. The number of rotatable bonds is 3. The van der Waals surface area contributed by atoms with Crippen LogP contribution in [0.25, 0.3) is 0 Å². The van der Waals surface area contributed by atoms with E-state index in [1.165, 1.54) is 0 Å². The Bertz CT molecular complexity index is 500. The Morgan fingerprint density at radius 1 is 1.10 bits per heavy atom. The average Bonchev–Trinajstić information content (AvgIpc) is 2.47. The molecule has 0 unspecified atom stereocenters.